The van der Waals surface area contributed by atoms with Crippen LogP contribution in [-0.2, 0) is 29.5 Å². The first-order valence-electron chi connectivity index (χ1n) is 16.4. The van der Waals surface area contributed by atoms with Crippen LogP contribution in [0.4, 0.5) is 31.5 Å². The fourth-order valence-electron chi connectivity index (χ4n) is 5.34. The number of fused-ring (bicyclic) bond motifs is 2. The van der Waals surface area contributed by atoms with Crippen LogP contribution in [0.15, 0.2) is 94.7 Å². The third-order valence-corrected chi connectivity index (χ3v) is 11.4. The van der Waals surface area contributed by atoms with E-state index in [1.807, 2.05) is 6.92 Å². The third kappa shape index (κ3) is 11.7. The molecule has 2 radical (unpaired) electrons. The number of nitro benzene ring substituents is 1. The number of nitrogens with zero attached hydrogens (tertiary/aromatic N) is 3. The first-order chi connectivity index (χ1) is 26.2. The Labute approximate surface area is 342 Å². The Morgan fingerprint density at radius 2 is 1.16 bits per heavy atom. The maximum absolute atomic E-state index is 13.2. The topological polar surface area (TPSA) is 181 Å². The van der Waals surface area contributed by atoms with E-state index in [-0.39, 0.29) is 60.6 Å². The SMILES string of the molecule is C.CCOCC1CN(S(=O)(=O)c2ccc(F)cc2)c2cc(N)ccc2O1.CCOCC1CN(S(=O)(=O)c2ccc(F)cc2)c2cc([N+](=O)[O-])ccc2O1.[Cl][Sn][Cl]. The zero-order chi connectivity index (χ0) is 40.3. The van der Waals surface area contributed by atoms with Crippen LogP contribution in [0.25, 0.3) is 0 Å². The number of nitrogen functional groups attached to an aromatic ring is 1. The van der Waals surface area contributed by atoms with Crippen LogP contribution in [0.3, 0.4) is 0 Å². The van der Waals surface area contributed by atoms with Gasteiger partial charge in [0.1, 0.15) is 41.0 Å². The number of sulfonamides is 2. The minimum absolute atomic E-state index is 0. The Balaban J connectivity index is 0.000000277. The summed E-state index contributed by atoms with van der Waals surface area (Å²) < 4.78 is 103. The average Bonchev–Trinajstić information content (AvgIpc) is 3.16. The van der Waals surface area contributed by atoms with E-state index in [0.717, 1.165) is 46.8 Å². The number of hydrogen-bond acceptors (Lipinski definition) is 11. The van der Waals surface area contributed by atoms with Gasteiger partial charge in [-0.2, -0.15) is 0 Å². The summed E-state index contributed by atoms with van der Waals surface area (Å²) in [5, 5.41) is 11.1. The van der Waals surface area contributed by atoms with Crippen LogP contribution >= 0.6 is 17.8 Å². The molecule has 2 atom stereocenters. The molecule has 14 nitrogen and oxygen atoms in total. The third-order valence-electron chi connectivity index (χ3n) is 7.82. The second-order valence-electron chi connectivity index (χ2n) is 11.5. The number of anilines is 3. The van der Waals surface area contributed by atoms with E-state index < -0.39 is 67.7 Å². The van der Waals surface area contributed by atoms with Gasteiger partial charge in [0.05, 0.1) is 46.7 Å². The molecule has 2 aliphatic rings. The van der Waals surface area contributed by atoms with Crippen LogP contribution in [0.1, 0.15) is 21.3 Å². The van der Waals surface area contributed by atoms with Gasteiger partial charge in [-0.25, -0.2) is 25.6 Å². The van der Waals surface area contributed by atoms with Gasteiger partial charge in [-0.15, -0.1) is 0 Å². The molecule has 4 aromatic carbocycles. The van der Waals surface area contributed by atoms with Gasteiger partial charge in [-0.05, 0) is 86.6 Å². The molecule has 2 unspecified atom stereocenters. The maximum atomic E-state index is 13.2. The van der Waals surface area contributed by atoms with Gasteiger partial charge in [0.25, 0.3) is 25.7 Å². The van der Waals surface area contributed by atoms with E-state index in [0.29, 0.717) is 30.3 Å². The van der Waals surface area contributed by atoms with Crippen LogP contribution in [0.2, 0.25) is 0 Å². The first-order valence-corrected chi connectivity index (χ1v) is 26.5. The monoisotopic (exact) mass is 968 g/mol. The molecule has 0 spiro atoms. The molecule has 0 saturated heterocycles. The molecular weight excluding hydrogens is 928 g/mol. The van der Waals surface area contributed by atoms with Crippen molar-refractivity contribution >= 4 is 79.5 Å². The number of ether oxygens (including phenoxy) is 4. The standard InChI is InChI=1S/C17H17FN2O6S.C17H19FN2O4S.CH4.2ClH.Sn/c1-2-25-11-14-10-19(27(23,24)15-6-3-12(18)4-7-15)16-9-13(20(21)22)5-8-17(16)26-14;1-2-23-11-14-10-20(16-9-13(19)5-8-17(16)24-14)25(21,22)15-6-3-12(18)4-7-15;;;;/h3-9,14H,2,10-11H2,1H3;3-9,14H,2,10-11,19H2,1H3;1H4;2*1H;/q;;;;;+2/p-2. The summed E-state index contributed by atoms with van der Waals surface area (Å²) in [5.74, 6) is -0.459. The summed E-state index contributed by atoms with van der Waals surface area (Å²) in [7, 11) is 1.89. The fraction of sp³-hybridized carbons (Fsp3) is 0.314. The van der Waals surface area contributed by atoms with E-state index in [2.05, 4.69) is 0 Å². The predicted molar refractivity (Wildman–Crippen MR) is 212 cm³/mol. The van der Waals surface area contributed by atoms with Crippen molar-refractivity contribution in [3.8, 4) is 11.5 Å². The molecule has 2 heterocycles. The van der Waals surface area contributed by atoms with Crippen LogP contribution in [0, 0.1) is 21.7 Å². The van der Waals surface area contributed by atoms with Gasteiger partial charge in [0.2, 0.25) is 0 Å². The van der Waals surface area contributed by atoms with Gasteiger partial charge in [-0.3, -0.25) is 18.7 Å². The van der Waals surface area contributed by atoms with Gasteiger partial charge in [-0.1, -0.05) is 7.43 Å². The molecule has 0 aromatic heterocycles. The summed E-state index contributed by atoms with van der Waals surface area (Å²) in [6, 6.07) is 17.7. The Kier molecular flexibility index (Phi) is 17.7. The van der Waals surface area contributed by atoms with Gasteiger partial charge in [0, 0.05) is 31.0 Å². The van der Waals surface area contributed by atoms with E-state index in [4.69, 9.17) is 42.5 Å². The molecule has 0 fully saturated rings. The van der Waals surface area contributed by atoms with Crippen LogP contribution < -0.4 is 23.8 Å². The molecule has 4 aromatic rings. The molecule has 2 aliphatic heterocycles. The van der Waals surface area contributed by atoms with Crippen LogP contribution in [-0.4, -0.2) is 92.4 Å². The number of rotatable bonds is 11. The van der Waals surface area contributed by atoms with Gasteiger partial charge >= 0.3 is 36.7 Å². The van der Waals surface area contributed by atoms with Crippen LogP contribution in [0.5, 0.6) is 11.5 Å². The Bertz CT molecular complexity index is 2140. The van der Waals surface area contributed by atoms with E-state index in [1.54, 1.807) is 25.1 Å². The fourth-order valence-corrected chi connectivity index (χ4v) is 8.34. The molecule has 304 valence electrons. The first kappa shape index (κ1) is 46.7. The normalized spacial score (nSPS) is 15.9. The minimum atomic E-state index is -4.08. The van der Waals surface area contributed by atoms with E-state index >= 15 is 0 Å². The summed E-state index contributed by atoms with van der Waals surface area (Å²) in [4.78, 5) is 10.3. The Morgan fingerprint density at radius 1 is 0.768 bits per heavy atom. The number of halogens is 4. The van der Waals surface area contributed by atoms with E-state index in [1.165, 1.54) is 28.6 Å². The molecule has 2 N–H and O–H groups in total. The quantitative estimate of drug-likeness (QED) is 0.0726. The van der Waals surface area contributed by atoms with Gasteiger partial charge < -0.3 is 24.7 Å². The van der Waals surface area contributed by atoms with Crippen molar-refractivity contribution in [2.45, 2.75) is 43.3 Å². The summed E-state index contributed by atoms with van der Waals surface area (Å²) in [6.07, 6.45) is -1.04. The van der Waals surface area contributed by atoms with Gasteiger partial charge in [0.15, 0.2) is 0 Å². The molecule has 6 rings (SSSR count). The number of nitro groups is 1. The molecule has 21 heteroatoms. The summed E-state index contributed by atoms with van der Waals surface area (Å²) >= 11 is -0.826. The second-order valence-corrected chi connectivity index (χ2v) is 19.5. The van der Waals surface area contributed by atoms with Crippen molar-refractivity contribution in [2.24, 2.45) is 0 Å². The number of hydrogen-bond donors (Lipinski definition) is 1. The number of nitrogens with two attached hydrogens (primary N) is 1. The Hall–Kier alpha value is -3.66. The van der Waals surface area contributed by atoms with Crippen molar-refractivity contribution in [1.82, 2.24) is 0 Å². The average molecular weight is 968 g/mol. The van der Waals surface area contributed by atoms with Crippen molar-refractivity contribution in [3.05, 3.63) is 107 Å². The Morgan fingerprint density at radius 3 is 1.55 bits per heavy atom. The molecule has 0 bridgehead atoms. The van der Waals surface area contributed by atoms with Crippen molar-refractivity contribution in [2.75, 3.05) is 53.9 Å². The molecule has 0 amide bonds. The molecular formula is C35H40Cl2F2N4O10S2Sn. The zero-order valence-electron chi connectivity index (χ0n) is 29.3. The number of benzene rings is 4. The molecule has 56 heavy (non-hydrogen) atoms. The molecule has 0 aliphatic carbocycles. The van der Waals surface area contributed by atoms with Crippen molar-refractivity contribution in [1.29, 1.82) is 0 Å². The summed E-state index contributed by atoms with van der Waals surface area (Å²) in [6.45, 7) is 4.98. The zero-order valence-corrected chi connectivity index (χ0v) is 35.3. The number of non-ortho nitro benzene ring substituents is 1. The molecule has 0 saturated carbocycles. The van der Waals surface area contributed by atoms with E-state index in [9.17, 15) is 35.7 Å². The van der Waals surface area contributed by atoms with Crippen molar-refractivity contribution in [3.63, 3.8) is 0 Å². The second kappa shape index (κ2) is 21.2. The summed E-state index contributed by atoms with van der Waals surface area (Å²) in [5.41, 5.74) is 6.38. The van der Waals surface area contributed by atoms with Crippen molar-refractivity contribution < 1.29 is 49.5 Å². The predicted octanol–water partition coefficient (Wildman–Crippen LogP) is 6.76.